The molecule has 0 saturated carbocycles. The Morgan fingerprint density at radius 1 is 1.24 bits per heavy atom. The van der Waals surface area contributed by atoms with Crippen molar-refractivity contribution in [3.63, 3.8) is 0 Å². The average molecular weight is 293 g/mol. The maximum absolute atomic E-state index is 12.3. The second kappa shape index (κ2) is 8.00. The first kappa shape index (κ1) is 15.8. The Morgan fingerprint density at radius 3 is 2.67 bits per heavy atom. The van der Waals surface area contributed by atoms with E-state index in [0.717, 1.165) is 30.7 Å². The van der Waals surface area contributed by atoms with Crippen LogP contribution in [0.2, 0.25) is 0 Å². The highest BCUT2D eigenvalue weighted by molar-refractivity contribution is 5.78. The summed E-state index contributed by atoms with van der Waals surface area (Å²) in [5.41, 5.74) is 1.15. The van der Waals surface area contributed by atoms with Gasteiger partial charge in [-0.1, -0.05) is 12.1 Å². The number of nitrogens with zero attached hydrogens (tertiary/aromatic N) is 1. The van der Waals surface area contributed by atoms with Gasteiger partial charge in [0.05, 0.1) is 26.4 Å². The van der Waals surface area contributed by atoms with E-state index in [2.05, 4.69) is 0 Å². The monoisotopic (exact) mass is 293 g/mol. The van der Waals surface area contributed by atoms with Gasteiger partial charge in [-0.05, 0) is 30.5 Å². The van der Waals surface area contributed by atoms with Crippen molar-refractivity contribution in [2.75, 3.05) is 40.6 Å². The molecule has 2 rings (SSSR count). The first-order valence-corrected chi connectivity index (χ1v) is 7.26. The molecule has 1 atom stereocenters. The summed E-state index contributed by atoms with van der Waals surface area (Å²) < 4.78 is 15.4. The minimum absolute atomic E-state index is 0.0458. The molecule has 1 aromatic carbocycles. The standard InChI is InChI=1S/C16H23NO4/c1-19-10-11-21-12-16(18)17-9-3-4-15(17)13-5-7-14(20-2)8-6-13/h5-8,15H,3-4,9-12H2,1-2H3. The van der Waals surface area contributed by atoms with Gasteiger partial charge in [0.15, 0.2) is 0 Å². The molecule has 0 N–H and O–H groups in total. The molecule has 0 aliphatic carbocycles. The molecular formula is C16H23NO4. The number of amides is 1. The number of hydrogen-bond donors (Lipinski definition) is 0. The number of hydrogen-bond acceptors (Lipinski definition) is 4. The van der Waals surface area contributed by atoms with Crippen LogP contribution < -0.4 is 4.74 Å². The van der Waals surface area contributed by atoms with Crippen LogP contribution in [0.15, 0.2) is 24.3 Å². The summed E-state index contributed by atoms with van der Waals surface area (Å²) in [5, 5.41) is 0. The van der Waals surface area contributed by atoms with Gasteiger partial charge in [-0.25, -0.2) is 0 Å². The van der Waals surface area contributed by atoms with E-state index in [1.807, 2.05) is 29.2 Å². The number of carbonyl (C=O) groups excluding carboxylic acids is 1. The zero-order valence-corrected chi connectivity index (χ0v) is 12.7. The summed E-state index contributed by atoms with van der Waals surface area (Å²) >= 11 is 0. The Kier molecular flexibility index (Phi) is 6.02. The van der Waals surface area contributed by atoms with E-state index in [0.29, 0.717) is 13.2 Å². The molecule has 21 heavy (non-hydrogen) atoms. The van der Waals surface area contributed by atoms with Crippen LogP contribution in [0.1, 0.15) is 24.4 Å². The Hall–Kier alpha value is -1.59. The number of methoxy groups -OCH3 is 2. The van der Waals surface area contributed by atoms with Gasteiger partial charge in [0.1, 0.15) is 12.4 Å². The molecule has 1 heterocycles. The van der Waals surface area contributed by atoms with Crippen molar-refractivity contribution in [1.82, 2.24) is 4.90 Å². The van der Waals surface area contributed by atoms with Crippen molar-refractivity contribution in [3.8, 4) is 5.75 Å². The Balaban J connectivity index is 1.93. The van der Waals surface area contributed by atoms with Crippen molar-refractivity contribution < 1.29 is 19.0 Å². The number of rotatable bonds is 7. The minimum atomic E-state index is 0.0458. The maximum atomic E-state index is 12.3. The minimum Gasteiger partial charge on any atom is -0.497 e. The van der Waals surface area contributed by atoms with Crippen molar-refractivity contribution >= 4 is 5.91 Å². The third kappa shape index (κ3) is 4.19. The molecule has 5 heteroatoms. The molecule has 0 aromatic heterocycles. The molecule has 1 fully saturated rings. The number of ether oxygens (including phenoxy) is 3. The molecule has 1 aliphatic heterocycles. The molecular weight excluding hydrogens is 270 g/mol. The molecule has 0 radical (unpaired) electrons. The van der Waals surface area contributed by atoms with Gasteiger partial charge in [-0.15, -0.1) is 0 Å². The SMILES string of the molecule is COCCOCC(=O)N1CCCC1c1ccc(OC)cc1. The summed E-state index contributed by atoms with van der Waals surface area (Å²) in [4.78, 5) is 14.2. The van der Waals surface area contributed by atoms with Gasteiger partial charge in [0.25, 0.3) is 0 Å². The Labute approximate surface area is 125 Å². The molecule has 116 valence electrons. The van der Waals surface area contributed by atoms with Crippen LogP contribution in [0.4, 0.5) is 0 Å². The number of likely N-dealkylation sites (tertiary alicyclic amines) is 1. The lowest BCUT2D eigenvalue weighted by Gasteiger charge is -2.25. The molecule has 1 amide bonds. The van der Waals surface area contributed by atoms with Crippen molar-refractivity contribution in [2.24, 2.45) is 0 Å². The Bertz CT molecular complexity index is 446. The predicted molar refractivity (Wildman–Crippen MR) is 79.4 cm³/mol. The van der Waals surface area contributed by atoms with E-state index in [4.69, 9.17) is 14.2 Å². The molecule has 0 bridgehead atoms. The number of benzene rings is 1. The molecule has 5 nitrogen and oxygen atoms in total. The van der Waals surface area contributed by atoms with Gasteiger partial charge in [-0.3, -0.25) is 4.79 Å². The quantitative estimate of drug-likeness (QED) is 0.722. The average Bonchev–Trinajstić information content (AvgIpc) is 3.01. The fourth-order valence-corrected chi connectivity index (χ4v) is 2.62. The second-order valence-corrected chi connectivity index (χ2v) is 5.06. The first-order chi connectivity index (χ1) is 10.3. The van der Waals surface area contributed by atoms with Crippen LogP contribution >= 0.6 is 0 Å². The molecule has 1 aromatic rings. The third-order valence-electron chi connectivity index (χ3n) is 3.73. The highest BCUT2D eigenvalue weighted by atomic mass is 16.5. The fraction of sp³-hybridized carbons (Fsp3) is 0.562. The highest BCUT2D eigenvalue weighted by Gasteiger charge is 2.29. The second-order valence-electron chi connectivity index (χ2n) is 5.06. The van der Waals surface area contributed by atoms with Crippen LogP contribution in [0, 0.1) is 0 Å². The summed E-state index contributed by atoms with van der Waals surface area (Å²) in [6.45, 7) is 1.87. The first-order valence-electron chi connectivity index (χ1n) is 7.26. The van der Waals surface area contributed by atoms with Crippen molar-refractivity contribution in [2.45, 2.75) is 18.9 Å². The summed E-state index contributed by atoms with van der Waals surface area (Å²) in [6, 6.07) is 8.08. The fourth-order valence-electron chi connectivity index (χ4n) is 2.62. The third-order valence-corrected chi connectivity index (χ3v) is 3.73. The van der Waals surface area contributed by atoms with E-state index < -0.39 is 0 Å². The zero-order valence-electron chi connectivity index (χ0n) is 12.7. The zero-order chi connectivity index (χ0) is 15.1. The van der Waals surface area contributed by atoms with Crippen molar-refractivity contribution in [1.29, 1.82) is 0 Å². The van der Waals surface area contributed by atoms with Crippen LogP contribution in [-0.4, -0.2) is 51.4 Å². The summed E-state index contributed by atoms with van der Waals surface area (Å²) in [5.74, 6) is 0.877. The predicted octanol–water partition coefficient (Wildman–Crippen LogP) is 2.02. The lowest BCUT2D eigenvalue weighted by Crippen LogP contribution is -2.33. The van der Waals surface area contributed by atoms with Gasteiger partial charge in [0.2, 0.25) is 5.91 Å². The topological polar surface area (TPSA) is 48.0 Å². The molecule has 1 unspecified atom stereocenters. The summed E-state index contributed by atoms with van der Waals surface area (Å²) in [6.07, 6.45) is 2.02. The highest BCUT2D eigenvalue weighted by Crippen LogP contribution is 2.32. The van der Waals surface area contributed by atoms with Crippen LogP contribution in [0.25, 0.3) is 0 Å². The van der Waals surface area contributed by atoms with Crippen molar-refractivity contribution in [3.05, 3.63) is 29.8 Å². The molecule has 1 aliphatic rings. The largest absolute Gasteiger partial charge is 0.497 e. The van der Waals surface area contributed by atoms with E-state index >= 15 is 0 Å². The van der Waals surface area contributed by atoms with E-state index in [9.17, 15) is 4.79 Å². The van der Waals surface area contributed by atoms with E-state index in [1.54, 1.807) is 14.2 Å². The van der Waals surface area contributed by atoms with E-state index in [1.165, 1.54) is 0 Å². The summed E-state index contributed by atoms with van der Waals surface area (Å²) in [7, 11) is 3.27. The van der Waals surface area contributed by atoms with Crippen LogP contribution in [-0.2, 0) is 14.3 Å². The normalized spacial score (nSPS) is 18.0. The van der Waals surface area contributed by atoms with Crippen LogP contribution in [0.3, 0.4) is 0 Å². The molecule has 0 spiro atoms. The van der Waals surface area contributed by atoms with E-state index in [-0.39, 0.29) is 18.6 Å². The lowest BCUT2D eigenvalue weighted by atomic mass is 10.0. The van der Waals surface area contributed by atoms with Gasteiger partial charge in [-0.2, -0.15) is 0 Å². The van der Waals surface area contributed by atoms with Gasteiger partial charge >= 0.3 is 0 Å². The van der Waals surface area contributed by atoms with Gasteiger partial charge in [0, 0.05) is 13.7 Å². The van der Waals surface area contributed by atoms with Gasteiger partial charge < -0.3 is 19.1 Å². The lowest BCUT2D eigenvalue weighted by molar-refractivity contribution is -0.137. The maximum Gasteiger partial charge on any atom is 0.249 e. The Morgan fingerprint density at radius 2 is 2.00 bits per heavy atom. The van der Waals surface area contributed by atoms with Crippen LogP contribution in [0.5, 0.6) is 5.75 Å². The number of carbonyl (C=O) groups is 1. The molecule has 1 saturated heterocycles. The smallest absolute Gasteiger partial charge is 0.249 e.